The highest BCUT2D eigenvalue weighted by Crippen LogP contribution is 1.91. The second kappa shape index (κ2) is 8.27. The number of ether oxygens (including phenoxy) is 1. The number of hydrogen-bond donors (Lipinski definition) is 2. The molecule has 1 rings (SSSR count). The highest BCUT2D eigenvalue weighted by molar-refractivity contribution is 5.56. The van der Waals surface area contributed by atoms with Crippen molar-refractivity contribution in [2.24, 2.45) is 4.99 Å². The quantitative estimate of drug-likeness (QED) is 0.411. The van der Waals surface area contributed by atoms with Crippen LogP contribution in [0.4, 0.5) is 0 Å². The molecule has 0 spiro atoms. The zero-order valence-corrected chi connectivity index (χ0v) is 9.64. The highest BCUT2D eigenvalue weighted by Gasteiger charge is 2.05. The van der Waals surface area contributed by atoms with E-state index in [1.807, 2.05) is 6.34 Å². The molecule has 0 amide bonds. The molecule has 92 valence electrons. The van der Waals surface area contributed by atoms with E-state index < -0.39 is 6.10 Å². The molecule has 1 heterocycles. The van der Waals surface area contributed by atoms with Crippen molar-refractivity contribution in [3.05, 3.63) is 12.7 Å². The predicted molar refractivity (Wildman–Crippen MR) is 64.8 cm³/mol. The lowest BCUT2D eigenvalue weighted by atomic mass is 10.3. The van der Waals surface area contributed by atoms with Crippen molar-refractivity contribution >= 4 is 6.34 Å². The van der Waals surface area contributed by atoms with E-state index in [2.05, 4.69) is 21.8 Å². The third kappa shape index (κ3) is 5.85. The van der Waals surface area contributed by atoms with Crippen LogP contribution in [-0.2, 0) is 4.74 Å². The molecule has 0 aromatic rings. The van der Waals surface area contributed by atoms with Gasteiger partial charge in [-0.1, -0.05) is 6.08 Å². The van der Waals surface area contributed by atoms with Crippen LogP contribution in [0.5, 0.6) is 0 Å². The van der Waals surface area contributed by atoms with Crippen LogP contribution in [0, 0.1) is 0 Å². The Bertz CT molecular complexity index is 221. The van der Waals surface area contributed by atoms with Crippen molar-refractivity contribution < 1.29 is 9.84 Å². The molecule has 0 aromatic heterocycles. The second-order valence-electron chi connectivity index (χ2n) is 3.74. The number of aliphatic hydroxyl groups excluding tert-OH is 1. The average Bonchev–Trinajstić information content (AvgIpc) is 2.78. The number of nitrogens with zero attached hydrogens (tertiary/aromatic N) is 2. The molecule has 0 fully saturated rings. The minimum atomic E-state index is -0.452. The van der Waals surface area contributed by atoms with Gasteiger partial charge in [-0.05, 0) is 0 Å². The van der Waals surface area contributed by atoms with Gasteiger partial charge in [-0.2, -0.15) is 0 Å². The number of nitrogens with one attached hydrogen (secondary N) is 1. The molecular formula is C11H21N3O2. The van der Waals surface area contributed by atoms with E-state index in [0.29, 0.717) is 19.8 Å². The summed E-state index contributed by atoms with van der Waals surface area (Å²) < 4.78 is 5.14. The Morgan fingerprint density at radius 3 is 3.25 bits per heavy atom. The summed E-state index contributed by atoms with van der Waals surface area (Å²) in [6.07, 6.45) is 3.10. The molecule has 1 aliphatic heterocycles. The molecule has 0 saturated carbocycles. The summed E-state index contributed by atoms with van der Waals surface area (Å²) in [5, 5.41) is 12.7. The number of rotatable bonds is 9. The van der Waals surface area contributed by atoms with Crippen LogP contribution in [0.3, 0.4) is 0 Å². The Kier molecular flexibility index (Phi) is 6.80. The normalized spacial score (nSPS) is 16.7. The lowest BCUT2D eigenvalue weighted by molar-refractivity contribution is 0.0495. The van der Waals surface area contributed by atoms with E-state index in [-0.39, 0.29) is 0 Å². The Morgan fingerprint density at radius 2 is 2.56 bits per heavy atom. The van der Waals surface area contributed by atoms with Crippen molar-refractivity contribution in [2.45, 2.75) is 6.10 Å². The van der Waals surface area contributed by atoms with E-state index in [1.54, 1.807) is 6.08 Å². The molecule has 0 radical (unpaired) electrons. The molecule has 16 heavy (non-hydrogen) atoms. The van der Waals surface area contributed by atoms with E-state index >= 15 is 0 Å². The van der Waals surface area contributed by atoms with Crippen LogP contribution in [0.2, 0.25) is 0 Å². The average molecular weight is 227 g/mol. The van der Waals surface area contributed by atoms with Gasteiger partial charge in [0.1, 0.15) is 0 Å². The fraction of sp³-hybridized carbons (Fsp3) is 0.727. The first-order valence-corrected chi connectivity index (χ1v) is 5.64. The summed E-state index contributed by atoms with van der Waals surface area (Å²) >= 11 is 0. The molecule has 1 unspecified atom stereocenters. The summed E-state index contributed by atoms with van der Waals surface area (Å²) in [6, 6.07) is 0. The number of aliphatic imine (C=N–C) groups is 1. The minimum absolute atomic E-state index is 0.351. The molecule has 0 bridgehead atoms. The van der Waals surface area contributed by atoms with Crippen molar-refractivity contribution in [3.63, 3.8) is 0 Å². The summed E-state index contributed by atoms with van der Waals surface area (Å²) in [5.41, 5.74) is 0. The van der Waals surface area contributed by atoms with Crippen LogP contribution in [0.25, 0.3) is 0 Å². The first-order valence-electron chi connectivity index (χ1n) is 5.64. The number of aliphatic hydroxyl groups is 1. The largest absolute Gasteiger partial charge is 0.389 e. The molecule has 1 atom stereocenters. The Hall–Kier alpha value is -0.910. The van der Waals surface area contributed by atoms with Gasteiger partial charge in [0.25, 0.3) is 0 Å². The zero-order valence-electron chi connectivity index (χ0n) is 9.64. The van der Waals surface area contributed by atoms with Crippen molar-refractivity contribution in [2.75, 3.05) is 45.9 Å². The standard InChI is InChI=1S/C11H21N3O2/c1-2-7-16-9-11(15)8-12-3-5-14-6-4-13-10-14/h2,10-12,15H,1,3-9H2. The predicted octanol–water partition coefficient (Wildman–Crippen LogP) is -0.517. The fourth-order valence-corrected chi connectivity index (χ4v) is 1.42. The van der Waals surface area contributed by atoms with Gasteiger partial charge in [-0.3, -0.25) is 4.99 Å². The zero-order chi connectivity index (χ0) is 11.6. The first kappa shape index (κ1) is 13.2. The highest BCUT2D eigenvalue weighted by atomic mass is 16.5. The smallest absolute Gasteiger partial charge is 0.0897 e. The van der Waals surface area contributed by atoms with E-state index in [4.69, 9.17) is 4.74 Å². The van der Waals surface area contributed by atoms with Crippen LogP contribution in [0.15, 0.2) is 17.6 Å². The second-order valence-corrected chi connectivity index (χ2v) is 3.74. The maximum Gasteiger partial charge on any atom is 0.0897 e. The SMILES string of the molecule is C=CCOCC(O)CNCCN1C=NCC1. The Morgan fingerprint density at radius 1 is 1.69 bits per heavy atom. The summed E-state index contributed by atoms with van der Waals surface area (Å²) in [7, 11) is 0. The van der Waals surface area contributed by atoms with Gasteiger partial charge >= 0.3 is 0 Å². The minimum Gasteiger partial charge on any atom is -0.389 e. The van der Waals surface area contributed by atoms with Crippen molar-refractivity contribution in [1.82, 2.24) is 10.2 Å². The van der Waals surface area contributed by atoms with Crippen LogP contribution in [-0.4, -0.2) is 68.4 Å². The van der Waals surface area contributed by atoms with Gasteiger partial charge in [-0.25, -0.2) is 0 Å². The van der Waals surface area contributed by atoms with Crippen molar-refractivity contribution in [3.8, 4) is 0 Å². The number of hydrogen-bond acceptors (Lipinski definition) is 5. The molecule has 1 aliphatic rings. The first-order chi connectivity index (χ1) is 7.83. The van der Waals surface area contributed by atoms with Gasteiger partial charge in [-0.15, -0.1) is 6.58 Å². The fourth-order valence-electron chi connectivity index (χ4n) is 1.42. The van der Waals surface area contributed by atoms with Gasteiger partial charge in [0.2, 0.25) is 0 Å². The van der Waals surface area contributed by atoms with E-state index in [9.17, 15) is 5.11 Å². The third-order valence-electron chi connectivity index (χ3n) is 2.26. The topological polar surface area (TPSA) is 57.1 Å². The molecular weight excluding hydrogens is 206 g/mol. The van der Waals surface area contributed by atoms with Crippen LogP contribution in [0.1, 0.15) is 0 Å². The van der Waals surface area contributed by atoms with Gasteiger partial charge in [0, 0.05) is 26.2 Å². The molecule has 0 saturated heterocycles. The maximum atomic E-state index is 9.51. The molecule has 2 N–H and O–H groups in total. The third-order valence-corrected chi connectivity index (χ3v) is 2.26. The summed E-state index contributed by atoms with van der Waals surface area (Å²) in [6.45, 7) is 8.63. The van der Waals surface area contributed by atoms with E-state index in [1.165, 1.54) is 0 Å². The molecule has 5 nitrogen and oxygen atoms in total. The molecule has 0 aromatic carbocycles. The monoisotopic (exact) mass is 227 g/mol. The molecule has 5 heteroatoms. The van der Waals surface area contributed by atoms with Crippen molar-refractivity contribution in [1.29, 1.82) is 0 Å². The van der Waals surface area contributed by atoms with Crippen LogP contribution < -0.4 is 5.32 Å². The van der Waals surface area contributed by atoms with E-state index in [0.717, 1.165) is 26.2 Å². The Balaban J connectivity index is 1.89. The maximum absolute atomic E-state index is 9.51. The summed E-state index contributed by atoms with van der Waals surface area (Å²) in [5.74, 6) is 0. The van der Waals surface area contributed by atoms with Crippen LogP contribution >= 0.6 is 0 Å². The lowest BCUT2D eigenvalue weighted by Crippen LogP contribution is -2.35. The molecule has 0 aliphatic carbocycles. The Labute approximate surface area is 96.8 Å². The lowest BCUT2D eigenvalue weighted by Gasteiger charge is -2.15. The van der Waals surface area contributed by atoms with Gasteiger partial charge in [0.15, 0.2) is 0 Å². The summed E-state index contributed by atoms with van der Waals surface area (Å²) in [4.78, 5) is 6.28. The van der Waals surface area contributed by atoms with Gasteiger partial charge in [0.05, 0.1) is 32.2 Å². The van der Waals surface area contributed by atoms with Gasteiger partial charge < -0.3 is 20.1 Å².